The largest absolute Gasteiger partial charge is 0.467 e. The topological polar surface area (TPSA) is 102 Å². The Labute approximate surface area is 184 Å². The Hall–Kier alpha value is -3.78. The van der Waals surface area contributed by atoms with Crippen LogP contribution in [0.3, 0.4) is 0 Å². The summed E-state index contributed by atoms with van der Waals surface area (Å²) in [6, 6.07) is 16.9. The average Bonchev–Trinajstić information content (AvgIpc) is 3.31. The van der Waals surface area contributed by atoms with E-state index in [0.29, 0.717) is 5.69 Å². The molecule has 164 valence electrons. The SMILES string of the molecule is COC(=O)C1(C(=O)OC)N[C@H](/C=C/c2ccccc2)[C@@H]2C(=O)N(c3ccccc3)C(=O)[C@@H]21. The second-order valence-electron chi connectivity index (χ2n) is 7.58. The highest BCUT2D eigenvalue weighted by Gasteiger charge is 2.72. The monoisotopic (exact) mass is 434 g/mol. The highest BCUT2D eigenvalue weighted by Crippen LogP contribution is 2.46. The quantitative estimate of drug-likeness (QED) is 0.433. The molecule has 2 aromatic rings. The molecule has 0 aromatic heterocycles. The van der Waals surface area contributed by atoms with Crippen LogP contribution >= 0.6 is 0 Å². The zero-order valence-corrected chi connectivity index (χ0v) is 17.6. The van der Waals surface area contributed by atoms with E-state index in [9.17, 15) is 19.2 Å². The molecule has 8 nitrogen and oxygen atoms in total. The summed E-state index contributed by atoms with van der Waals surface area (Å²) in [6.07, 6.45) is 3.45. The highest BCUT2D eigenvalue weighted by molar-refractivity contribution is 6.27. The van der Waals surface area contributed by atoms with Crippen molar-refractivity contribution in [1.82, 2.24) is 5.32 Å². The molecule has 4 rings (SSSR count). The molecule has 1 N–H and O–H groups in total. The van der Waals surface area contributed by atoms with E-state index in [4.69, 9.17) is 9.47 Å². The molecule has 2 heterocycles. The van der Waals surface area contributed by atoms with Gasteiger partial charge < -0.3 is 9.47 Å². The summed E-state index contributed by atoms with van der Waals surface area (Å²) >= 11 is 0. The minimum Gasteiger partial charge on any atom is -0.467 e. The van der Waals surface area contributed by atoms with Crippen LogP contribution in [0.1, 0.15) is 5.56 Å². The van der Waals surface area contributed by atoms with Crippen LogP contribution in [0.2, 0.25) is 0 Å². The van der Waals surface area contributed by atoms with Crippen LogP contribution in [0.25, 0.3) is 6.08 Å². The van der Waals surface area contributed by atoms with Gasteiger partial charge >= 0.3 is 11.9 Å². The maximum atomic E-state index is 13.5. The van der Waals surface area contributed by atoms with Crippen molar-refractivity contribution in [1.29, 1.82) is 0 Å². The molecule has 0 spiro atoms. The molecule has 3 atom stereocenters. The van der Waals surface area contributed by atoms with Gasteiger partial charge in [-0.25, -0.2) is 14.5 Å². The summed E-state index contributed by atoms with van der Waals surface area (Å²) in [4.78, 5) is 53.8. The van der Waals surface area contributed by atoms with Crippen LogP contribution < -0.4 is 10.2 Å². The number of nitrogens with one attached hydrogen (secondary N) is 1. The summed E-state index contributed by atoms with van der Waals surface area (Å²) in [5.74, 6) is -5.44. The number of imide groups is 1. The fourth-order valence-electron chi connectivity index (χ4n) is 4.51. The predicted octanol–water partition coefficient (Wildman–Crippen LogP) is 1.56. The van der Waals surface area contributed by atoms with Gasteiger partial charge in [-0.05, 0) is 17.7 Å². The van der Waals surface area contributed by atoms with Crippen LogP contribution in [0.4, 0.5) is 5.69 Å². The zero-order chi connectivity index (χ0) is 22.9. The average molecular weight is 434 g/mol. The number of fused-ring (bicyclic) bond motifs is 1. The van der Waals surface area contributed by atoms with Crippen LogP contribution in [0.5, 0.6) is 0 Å². The van der Waals surface area contributed by atoms with Crippen LogP contribution in [-0.4, -0.2) is 49.6 Å². The Bertz CT molecular complexity index is 1070. The van der Waals surface area contributed by atoms with E-state index in [1.54, 1.807) is 42.5 Å². The number of rotatable bonds is 5. The lowest BCUT2D eigenvalue weighted by Gasteiger charge is -2.29. The molecule has 0 aliphatic carbocycles. The van der Waals surface area contributed by atoms with Gasteiger partial charge in [0.25, 0.3) is 0 Å². The second kappa shape index (κ2) is 8.39. The van der Waals surface area contributed by atoms with Crippen LogP contribution in [0, 0.1) is 11.8 Å². The molecular formula is C24H22N2O6. The number of carbonyl (C=O) groups is 4. The van der Waals surface area contributed by atoms with E-state index in [-0.39, 0.29) is 0 Å². The molecule has 2 fully saturated rings. The van der Waals surface area contributed by atoms with Gasteiger partial charge in [0.05, 0.1) is 31.7 Å². The molecule has 0 unspecified atom stereocenters. The molecular weight excluding hydrogens is 412 g/mol. The van der Waals surface area contributed by atoms with Crippen molar-refractivity contribution in [2.24, 2.45) is 11.8 Å². The Morgan fingerprint density at radius 2 is 1.47 bits per heavy atom. The van der Waals surface area contributed by atoms with Gasteiger partial charge in [0.2, 0.25) is 17.4 Å². The Kier molecular flexibility index (Phi) is 5.63. The molecule has 2 aromatic carbocycles. The van der Waals surface area contributed by atoms with E-state index >= 15 is 0 Å². The fraction of sp³-hybridized carbons (Fsp3) is 0.250. The predicted molar refractivity (Wildman–Crippen MR) is 115 cm³/mol. The number of carbonyl (C=O) groups excluding carboxylic acids is 4. The summed E-state index contributed by atoms with van der Waals surface area (Å²) < 4.78 is 9.79. The van der Waals surface area contributed by atoms with Crippen molar-refractivity contribution in [2.45, 2.75) is 11.6 Å². The third kappa shape index (κ3) is 3.20. The Morgan fingerprint density at radius 3 is 2.03 bits per heavy atom. The van der Waals surface area contributed by atoms with Gasteiger partial charge in [-0.2, -0.15) is 0 Å². The molecule has 2 saturated heterocycles. The zero-order valence-electron chi connectivity index (χ0n) is 17.6. The smallest absolute Gasteiger partial charge is 0.338 e. The van der Waals surface area contributed by atoms with Gasteiger partial charge in [-0.1, -0.05) is 60.7 Å². The third-order valence-electron chi connectivity index (χ3n) is 5.92. The van der Waals surface area contributed by atoms with Crippen LogP contribution in [0.15, 0.2) is 66.7 Å². The lowest BCUT2D eigenvalue weighted by Crippen LogP contribution is -2.62. The number of para-hydroxylation sites is 1. The number of esters is 2. The first-order valence-electron chi connectivity index (χ1n) is 10.1. The lowest BCUT2D eigenvalue weighted by molar-refractivity contribution is -0.166. The first kappa shape index (κ1) is 21.5. The minimum atomic E-state index is -2.14. The first-order valence-corrected chi connectivity index (χ1v) is 10.1. The number of methoxy groups -OCH3 is 2. The molecule has 32 heavy (non-hydrogen) atoms. The van der Waals surface area contributed by atoms with Crippen molar-refractivity contribution in [3.05, 3.63) is 72.3 Å². The molecule has 0 radical (unpaired) electrons. The van der Waals surface area contributed by atoms with Crippen molar-refractivity contribution in [3.63, 3.8) is 0 Å². The number of hydrogen-bond donors (Lipinski definition) is 1. The Morgan fingerprint density at radius 1 is 0.906 bits per heavy atom. The van der Waals surface area contributed by atoms with Gasteiger partial charge in [0.1, 0.15) is 0 Å². The number of benzene rings is 2. The summed E-state index contributed by atoms with van der Waals surface area (Å²) in [5, 5.41) is 2.91. The number of anilines is 1. The maximum Gasteiger partial charge on any atom is 0.338 e. The van der Waals surface area contributed by atoms with Crippen molar-refractivity contribution >= 4 is 35.5 Å². The highest BCUT2D eigenvalue weighted by atomic mass is 16.5. The van der Waals surface area contributed by atoms with Gasteiger partial charge in [-0.3, -0.25) is 14.9 Å². The standard InChI is InChI=1S/C24H22N2O6/c1-31-22(29)24(23(30)32-2)19-18(17(25-24)14-13-15-9-5-3-6-10-15)20(27)26(21(19)28)16-11-7-4-8-12-16/h3-14,17-19,25H,1-2H3/b14-13+/t17-,18+,19-/m1/s1. The molecule has 2 aliphatic heterocycles. The van der Waals surface area contributed by atoms with Crippen molar-refractivity contribution in [3.8, 4) is 0 Å². The van der Waals surface area contributed by atoms with Crippen molar-refractivity contribution < 1.29 is 28.7 Å². The molecule has 2 amide bonds. The second-order valence-corrected chi connectivity index (χ2v) is 7.58. The van der Waals surface area contributed by atoms with Crippen molar-refractivity contribution in [2.75, 3.05) is 19.1 Å². The van der Waals surface area contributed by atoms with Gasteiger partial charge in [0.15, 0.2) is 0 Å². The molecule has 0 bridgehead atoms. The summed E-state index contributed by atoms with van der Waals surface area (Å²) in [5.41, 5.74) is -0.918. The maximum absolute atomic E-state index is 13.5. The molecule has 0 saturated carbocycles. The van der Waals surface area contributed by atoms with E-state index in [0.717, 1.165) is 24.7 Å². The van der Waals surface area contributed by atoms with Crippen LogP contribution in [-0.2, 0) is 28.7 Å². The lowest BCUT2D eigenvalue weighted by atomic mass is 9.80. The summed E-state index contributed by atoms with van der Waals surface area (Å²) in [7, 11) is 2.24. The fourth-order valence-corrected chi connectivity index (χ4v) is 4.51. The Balaban J connectivity index is 1.83. The van der Waals surface area contributed by atoms with Gasteiger partial charge in [0, 0.05) is 6.04 Å². The minimum absolute atomic E-state index is 0.367. The third-order valence-corrected chi connectivity index (χ3v) is 5.92. The van der Waals surface area contributed by atoms with E-state index in [2.05, 4.69) is 5.32 Å². The number of ether oxygens (including phenoxy) is 2. The van der Waals surface area contributed by atoms with E-state index < -0.39 is 47.2 Å². The summed E-state index contributed by atoms with van der Waals surface area (Å²) in [6.45, 7) is 0. The van der Waals surface area contributed by atoms with Gasteiger partial charge in [-0.15, -0.1) is 0 Å². The molecule has 8 heteroatoms. The first-order chi connectivity index (χ1) is 15.5. The normalized spacial score (nSPS) is 23.9. The number of nitrogens with zero attached hydrogens (tertiary/aromatic N) is 1. The number of amides is 2. The van der Waals surface area contributed by atoms with E-state index in [1.165, 1.54) is 0 Å². The van der Waals surface area contributed by atoms with E-state index in [1.807, 2.05) is 30.3 Å². The molecule has 2 aliphatic rings. The number of hydrogen-bond acceptors (Lipinski definition) is 7.